The molecule has 0 spiro atoms. The highest BCUT2D eigenvalue weighted by Crippen LogP contribution is 2.36. The Balaban J connectivity index is 1.23. The van der Waals surface area contributed by atoms with E-state index in [9.17, 15) is 4.39 Å². The number of rotatable bonds is 6. The lowest BCUT2D eigenvalue weighted by Crippen LogP contribution is -2.45. The molecule has 2 aliphatic heterocycles. The van der Waals surface area contributed by atoms with Gasteiger partial charge in [-0.05, 0) is 59.0 Å². The van der Waals surface area contributed by atoms with E-state index in [2.05, 4.69) is 26.2 Å². The van der Waals surface area contributed by atoms with Crippen LogP contribution in [-0.4, -0.2) is 70.9 Å². The van der Waals surface area contributed by atoms with Crippen molar-refractivity contribution in [2.75, 3.05) is 37.5 Å². The Morgan fingerprint density at radius 2 is 1.94 bits per heavy atom. The van der Waals surface area contributed by atoms with Gasteiger partial charge in [0, 0.05) is 31.5 Å². The van der Waals surface area contributed by atoms with Gasteiger partial charge in [-0.3, -0.25) is 0 Å². The molecule has 0 radical (unpaired) electrons. The third-order valence-corrected chi connectivity index (χ3v) is 5.99. The Kier molecular flexibility index (Phi) is 6.26. The van der Waals surface area contributed by atoms with Crippen LogP contribution in [0.2, 0.25) is 0 Å². The molecule has 2 N–H and O–H groups in total. The molecule has 0 unspecified atom stereocenters. The van der Waals surface area contributed by atoms with E-state index in [1.54, 1.807) is 16.8 Å². The van der Waals surface area contributed by atoms with E-state index in [0.29, 0.717) is 29.8 Å². The molecule has 0 amide bonds. The number of fused-ring (bicyclic) bond motifs is 1. The first kappa shape index (κ1) is 22.4. The SMILES string of the molecule is CN(C)c1cccc(Oc2nnnn2[C@H]2CO[C@H]3[C@@H]2OC[C@@H]3NC(=S)Nc2ccc(F)cc2)c1. The highest BCUT2D eigenvalue weighted by atomic mass is 32.1. The van der Waals surface area contributed by atoms with Crippen LogP contribution < -0.4 is 20.3 Å². The zero-order valence-corrected chi connectivity index (χ0v) is 19.4. The molecule has 4 atom stereocenters. The molecule has 2 aliphatic rings. The van der Waals surface area contributed by atoms with Crippen LogP contribution in [0.5, 0.6) is 11.8 Å². The van der Waals surface area contributed by atoms with Crippen molar-refractivity contribution in [3.63, 3.8) is 0 Å². The summed E-state index contributed by atoms with van der Waals surface area (Å²) in [5.74, 6) is 0.319. The van der Waals surface area contributed by atoms with Gasteiger partial charge >= 0.3 is 6.01 Å². The molecular formula is C22H24FN7O3S. The summed E-state index contributed by atoms with van der Waals surface area (Å²) in [6.07, 6.45) is -0.517. The number of anilines is 2. The Morgan fingerprint density at radius 3 is 2.74 bits per heavy atom. The van der Waals surface area contributed by atoms with Crippen molar-refractivity contribution in [3.05, 3.63) is 54.3 Å². The third kappa shape index (κ3) is 4.65. The summed E-state index contributed by atoms with van der Waals surface area (Å²) >= 11 is 5.41. The van der Waals surface area contributed by atoms with Crippen molar-refractivity contribution in [3.8, 4) is 11.8 Å². The van der Waals surface area contributed by atoms with Crippen molar-refractivity contribution in [1.29, 1.82) is 0 Å². The van der Waals surface area contributed by atoms with Gasteiger partial charge in [0.25, 0.3) is 0 Å². The molecule has 1 aromatic heterocycles. The number of nitrogens with one attached hydrogen (secondary N) is 2. The van der Waals surface area contributed by atoms with Crippen LogP contribution in [0.25, 0.3) is 0 Å². The van der Waals surface area contributed by atoms with Crippen LogP contribution >= 0.6 is 12.2 Å². The molecule has 2 saturated heterocycles. The van der Waals surface area contributed by atoms with E-state index in [0.717, 1.165) is 5.69 Å². The number of nitrogens with zero attached hydrogens (tertiary/aromatic N) is 5. The third-order valence-electron chi connectivity index (χ3n) is 5.77. The average molecular weight is 486 g/mol. The maximum Gasteiger partial charge on any atom is 0.341 e. The van der Waals surface area contributed by atoms with Gasteiger partial charge in [0.15, 0.2) is 5.11 Å². The molecule has 10 nitrogen and oxygen atoms in total. The second-order valence-corrected chi connectivity index (χ2v) is 8.68. The molecule has 34 heavy (non-hydrogen) atoms. The lowest BCUT2D eigenvalue weighted by molar-refractivity contribution is 0.0615. The molecule has 0 saturated carbocycles. The normalized spacial score (nSPS) is 23.4. The topological polar surface area (TPSA) is 98.6 Å². The van der Waals surface area contributed by atoms with Gasteiger partial charge in [-0.25, -0.2) is 4.39 Å². The minimum Gasteiger partial charge on any atom is -0.423 e. The van der Waals surface area contributed by atoms with E-state index in [4.69, 9.17) is 26.4 Å². The summed E-state index contributed by atoms with van der Waals surface area (Å²) in [5.41, 5.74) is 1.69. The minimum absolute atomic E-state index is 0.159. The maximum absolute atomic E-state index is 13.1. The summed E-state index contributed by atoms with van der Waals surface area (Å²) < 4.78 is 32.8. The van der Waals surface area contributed by atoms with E-state index in [1.165, 1.54) is 12.1 Å². The standard InChI is InChI=1S/C22H24FN7O3S/c1-29(2)15-4-3-5-16(10-15)33-22-26-27-28-30(22)18-12-32-19-17(11-31-20(18)19)25-21(34)24-14-8-6-13(23)7-9-14/h3-10,17-20H,11-12H2,1-2H3,(H2,24,25,34)/t17-,18-,19+,20+/m0/s1. The number of hydrogen-bond acceptors (Lipinski definition) is 8. The number of tetrazole rings is 1. The lowest BCUT2D eigenvalue weighted by atomic mass is 10.1. The van der Waals surface area contributed by atoms with Crippen molar-refractivity contribution in [2.24, 2.45) is 0 Å². The molecule has 3 aromatic rings. The number of thiocarbonyl (C=S) groups is 1. The van der Waals surface area contributed by atoms with Crippen LogP contribution in [0.1, 0.15) is 6.04 Å². The Morgan fingerprint density at radius 1 is 1.15 bits per heavy atom. The smallest absolute Gasteiger partial charge is 0.341 e. The highest BCUT2D eigenvalue weighted by molar-refractivity contribution is 7.80. The summed E-state index contributed by atoms with van der Waals surface area (Å²) in [6, 6.07) is 13.5. The van der Waals surface area contributed by atoms with Gasteiger partial charge in [0.1, 0.15) is 29.8 Å². The first-order chi connectivity index (χ1) is 16.5. The van der Waals surface area contributed by atoms with Gasteiger partial charge in [-0.15, -0.1) is 0 Å². The molecule has 3 heterocycles. The van der Waals surface area contributed by atoms with Gasteiger partial charge in [0.05, 0.1) is 19.3 Å². The van der Waals surface area contributed by atoms with E-state index in [-0.39, 0.29) is 36.1 Å². The Labute approximate surface area is 201 Å². The molecule has 2 aromatic carbocycles. The monoisotopic (exact) mass is 485 g/mol. The van der Waals surface area contributed by atoms with Gasteiger partial charge in [0.2, 0.25) is 0 Å². The number of halogens is 1. The lowest BCUT2D eigenvalue weighted by Gasteiger charge is -2.20. The minimum atomic E-state index is -0.307. The fraction of sp³-hybridized carbons (Fsp3) is 0.364. The van der Waals surface area contributed by atoms with Crippen LogP contribution in [-0.2, 0) is 9.47 Å². The molecule has 0 bridgehead atoms. The van der Waals surface area contributed by atoms with Crippen molar-refractivity contribution in [2.45, 2.75) is 24.3 Å². The number of benzene rings is 2. The predicted molar refractivity (Wildman–Crippen MR) is 127 cm³/mol. The van der Waals surface area contributed by atoms with Crippen LogP contribution in [0.4, 0.5) is 15.8 Å². The Hall–Kier alpha value is -3.35. The quantitative estimate of drug-likeness (QED) is 0.507. The first-order valence-corrected chi connectivity index (χ1v) is 11.2. The second kappa shape index (κ2) is 9.49. The molecule has 12 heteroatoms. The first-order valence-electron chi connectivity index (χ1n) is 10.8. The molecular weight excluding hydrogens is 461 g/mol. The van der Waals surface area contributed by atoms with Gasteiger partial charge in [-0.1, -0.05) is 11.2 Å². The van der Waals surface area contributed by atoms with Crippen molar-refractivity contribution < 1.29 is 18.6 Å². The highest BCUT2D eigenvalue weighted by Gasteiger charge is 2.50. The zero-order chi connectivity index (χ0) is 23.7. The second-order valence-electron chi connectivity index (χ2n) is 8.27. The summed E-state index contributed by atoms with van der Waals surface area (Å²) in [7, 11) is 3.92. The van der Waals surface area contributed by atoms with Gasteiger partial charge < -0.3 is 29.7 Å². The summed E-state index contributed by atoms with van der Waals surface area (Å²) in [5, 5.41) is 18.7. The van der Waals surface area contributed by atoms with Crippen LogP contribution in [0, 0.1) is 5.82 Å². The largest absolute Gasteiger partial charge is 0.423 e. The molecule has 178 valence electrons. The fourth-order valence-electron chi connectivity index (χ4n) is 4.07. The van der Waals surface area contributed by atoms with E-state index in [1.807, 2.05) is 43.3 Å². The summed E-state index contributed by atoms with van der Waals surface area (Å²) in [4.78, 5) is 1.99. The summed E-state index contributed by atoms with van der Waals surface area (Å²) in [6.45, 7) is 0.769. The number of hydrogen-bond donors (Lipinski definition) is 2. The van der Waals surface area contributed by atoms with Crippen molar-refractivity contribution >= 4 is 28.7 Å². The predicted octanol–water partition coefficient (Wildman–Crippen LogP) is 2.36. The van der Waals surface area contributed by atoms with Gasteiger partial charge in [-0.2, -0.15) is 4.68 Å². The number of aromatic nitrogens is 4. The molecule has 2 fully saturated rings. The molecule has 5 rings (SSSR count). The fourth-order valence-corrected chi connectivity index (χ4v) is 4.34. The maximum atomic E-state index is 13.1. The number of ether oxygens (including phenoxy) is 3. The zero-order valence-electron chi connectivity index (χ0n) is 18.6. The molecule has 0 aliphatic carbocycles. The van der Waals surface area contributed by atoms with E-state index < -0.39 is 0 Å². The van der Waals surface area contributed by atoms with E-state index >= 15 is 0 Å². The van der Waals surface area contributed by atoms with Crippen LogP contribution in [0.15, 0.2) is 48.5 Å². The Bertz CT molecular complexity index is 1160. The van der Waals surface area contributed by atoms with Crippen molar-refractivity contribution in [1.82, 2.24) is 25.5 Å². The van der Waals surface area contributed by atoms with Crippen LogP contribution in [0.3, 0.4) is 0 Å². The average Bonchev–Trinajstić information content (AvgIpc) is 3.53.